The molecule has 7 nitrogen and oxygen atoms in total. The van der Waals surface area contributed by atoms with Crippen LogP contribution in [-0.2, 0) is 25.5 Å². The largest absolute Gasteiger partial charge is 0.452 e. The lowest BCUT2D eigenvalue weighted by atomic mass is 10.1. The number of benzene rings is 2. The van der Waals surface area contributed by atoms with E-state index in [1.807, 2.05) is 36.4 Å². The summed E-state index contributed by atoms with van der Waals surface area (Å²) in [6.07, 6.45) is -0.184. The molecule has 7 heteroatoms. The number of hydrogen-bond acceptors (Lipinski definition) is 5. The molecule has 1 fully saturated rings. The molecule has 0 aromatic heterocycles. The van der Waals surface area contributed by atoms with Gasteiger partial charge in [0.15, 0.2) is 6.10 Å². The van der Waals surface area contributed by atoms with Crippen molar-refractivity contribution in [2.24, 2.45) is 5.92 Å². The summed E-state index contributed by atoms with van der Waals surface area (Å²) in [5, 5.41) is 11.5. The summed E-state index contributed by atoms with van der Waals surface area (Å²) in [4.78, 5) is 38.6. The molecular formula is C23H23N3O4. The van der Waals surface area contributed by atoms with Crippen molar-refractivity contribution in [1.82, 2.24) is 4.90 Å². The molecule has 154 valence electrons. The molecule has 0 aliphatic carbocycles. The first-order valence-electron chi connectivity index (χ1n) is 9.79. The second kappa shape index (κ2) is 9.70. The Morgan fingerprint density at radius 3 is 2.57 bits per heavy atom. The van der Waals surface area contributed by atoms with Crippen LogP contribution in [0.5, 0.6) is 0 Å². The molecule has 30 heavy (non-hydrogen) atoms. The van der Waals surface area contributed by atoms with Crippen LogP contribution in [0.3, 0.4) is 0 Å². The number of nitriles is 1. The molecule has 1 N–H and O–H groups in total. The maximum absolute atomic E-state index is 12.4. The fourth-order valence-electron chi connectivity index (χ4n) is 3.25. The van der Waals surface area contributed by atoms with Crippen LogP contribution in [0, 0.1) is 17.2 Å². The van der Waals surface area contributed by atoms with E-state index in [0.717, 1.165) is 12.0 Å². The van der Waals surface area contributed by atoms with Gasteiger partial charge in [0.2, 0.25) is 5.91 Å². The Morgan fingerprint density at radius 2 is 1.90 bits per heavy atom. The van der Waals surface area contributed by atoms with Gasteiger partial charge in [-0.15, -0.1) is 0 Å². The maximum atomic E-state index is 12.4. The number of nitrogens with zero attached hydrogens (tertiary/aromatic N) is 2. The van der Waals surface area contributed by atoms with Crippen molar-refractivity contribution in [1.29, 1.82) is 5.26 Å². The first-order valence-corrected chi connectivity index (χ1v) is 9.79. The molecule has 2 aromatic rings. The van der Waals surface area contributed by atoms with Crippen molar-refractivity contribution in [2.75, 3.05) is 18.4 Å². The summed E-state index contributed by atoms with van der Waals surface area (Å²) in [6.45, 7) is 2.33. The topological polar surface area (TPSA) is 99.5 Å². The molecule has 0 spiro atoms. The van der Waals surface area contributed by atoms with Gasteiger partial charge >= 0.3 is 5.97 Å². The van der Waals surface area contributed by atoms with Gasteiger partial charge in [-0.3, -0.25) is 14.4 Å². The van der Waals surface area contributed by atoms with Gasteiger partial charge in [-0.2, -0.15) is 5.26 Å². The van der Waals surface area contributed by atoms with Crippen molar-refractivity contribution in [3.05, 3.63) is 65.7 Å². The Hall–Kier alpha value is -3.66. The lowest BCUT2D eigenvalue weighted by Gasteiger charge is -2.18. The summed E-state index contributed by atoms with van der Waals surface area (Å²) in [6, 6.07) is 18.2. The average Bonchev–Trinajstić information content (AvgIpc) is 3.14. The third-order valence-electron chi connectivity index (χ3n) is 5.00. The summed E-state index contributed by atoms with van der Waals surface area (Å²) in [7, 11) is 0. The zero-order valence-corrected chi connectivity index (χ0v) is 16.7. The quantitative estimate of drug-likeness (QED) is 0.714. The number of carbonyl (C=O) groups excluding carboxylic acids is 3. The highest BCUT2D eigenvalue weighted by Crippen LogP contribution is 2.20. The number of anilines is 1. The van der Waals surface area contributed by atoms with Crippen LogP contribution in [0.15, 0.2) is 54.6 Å². The Bertz CT molecular complexity index is 951. The zero-order valence-electron chi connectivity index (χ0n) is 16.7. The normalized spacial score (nSPS) is 16.6. The van der Waals surface area contributed by atoms with E-state index in [1.165, 1.54) is 6.92 Å². The van der Waals surface area contributed by atoms with Crippen molar-refractivity contribution < 1.29 is 19.1 Å². The molecule has 1 aliphatic heterocycles. The number of ether oxygens (including phenoxy) is 1. The summed E-state index contributed by atoms with van der Waals surface area (Å²) >= 11 is 0. The number of carbonyl (C=O) groups is 3. The molecule has 1 heterocycles. The van der Waals surface area contributed by atoms with E-state index in [4.69, 9.17) is 10.00 Å². The van der Waals surface area contributed by atoms with Crippen molar-refractivity contribution in [3.8, 4) is 6.07 Å². The predicted octanol–water partition coefficient (Wildman–Crippen LogP) is 2.52. The molecule has 0 bridgehead atoms. The van der Waals surface area contributed by atoms with E-state index in [9.17, 15) is 14.4 Å². The van der Waals surface area contributed by atoms with Crippen LogP contribution in [0.25, 0.3) is 0 Å². The van der Waals surface area contributed by atoms with Gasteiger partial charge in [0, 0.05) is 25.2 Å². The Labute approximate surface area is 175 Å². The highest BCUT2D eigenvalue weighted by molar-refractivity contribution is 5.95. The number of nitrogens with one attached hydrogen (secondary N) is 1. The van der Waals surface area contributed by atoms with Crippen LogP contribution < -0.4 is 5.32 Å². The number of amides is 2. The molecule has 2 unspecified atom stereocenters. The van der Waals surface area contributed by atoms with Crippen LogP contribution in [-0.4, -0.2) is 41.9 Å². The van der Waals surface area contributed by atoms with Gasteiger partial charge in [-0.05, 0) is 43.2 Å². The van der Waals surface area contributed by atoms with E-state index in [1.54, 1.807) is 29.2 Å². The number of likely N-dealkylation sites (tertiary alicyclic amines) is 1. The highest BCUT2D eigenvalue weighted by Gasteiger charge is 2.36. The highest BCUT2D eigenvalue weighted by atomic mass is 16.5. The number of rotatable bonds is 7. The number of hydrogen-bond donors (Lipinski definition) is 1. The van der Waals surface area contributed by atoms with Crippen LogP contribution >= 0.6 is 0 Å². The molecule has 2 aromatic carbocycles. The monoisotopic (exact) mass is 405 g/mol. The smallest absolute Gasteiger partial charge is 0.312 e. The van der Waals surface area contributed by atoms with Gasteiger partial charge < -0.3 is 15.0 Å². The van der Waals surface area contributed by atoms with Crippen molar-refractivity contribution in [3.63, 3.8) is 0 Å². The predicted molar refractivity (Wildman–Crippen MR) is 110 cm³/mol. The lowest BCUT2D eigenvalue weighted by Crippen LogP contribution is -2.33. The summed E-state index contributed by atoms with van der Waals surface area (Å²) < 4.78 is 5.29. The van der Waals surface area contributed by atoms with Gasteiger partial charge in [-0.1, -0.05) is 30.3 Å². The van der Waals surface area contributed by atoms with Crippen molar-refractivity contribution in [2.45, 2.75) is 25.9 Å². The summed E-state index contributed by atoms with van der Waals surface area (Å²) in [5.41, 5.74) is 2.12. The molecule has 0 radical (unpaired) electrons. The molecule has 2 atom stereocenters. The van der Waals surface area contributed by atoms with E-state index in [-0.39, 0.29) is 12.3 Å². The fraction of sp³-hybridized carbons (Fsp3) is 0.304. The fourth-order valence-corrected chi connectivity index (χ4v) is 3.25. The van der Waals surface area contributed by atoms with Crippen molar-refractivity contribution >= 4 is 23.5 Å². The third kappa shape index (κ3) is 5.45. The second-order valence-electron chi connectivity index (χ2n) is 7.23. The average molecular weight is 405 g/mol. The van der Waals surface area contributed by atoms with E-state index in [0.29, 0.717) is 24.3 Å². The molecule has 1 saturated heterocycles. The molecule has 3 rings (SSSR count). The van der Waals surface area contributed by atoms with Crippen LogP contribution in [0.1, 0.15) is 24.5 Å². The minimum Gasteiger partial charge on any atom is -0.452 e. The molecular weight excluding hydrogens is 382 g/mol. The second-order valence-corrected chi connectivity index (χ2v) is 7.23. The van der Waals surface area contributed by atoms with E-state index < -0.39 is 23.9 Å². The molecule has 2 amide bonds. The van der Waals surface area contributed by atoms with Gasteiger partial charge in [-0.25, -0.2) is 0 Å². The van der Waals surface area contributed by atoms with Crippen LogP contribution in [0.2, 0.25) is 0 Å². The van der Waals surface area contributed by atoms with E-state index >= 15 is 0 Å². The summed E-state index contributed by atoms with van der Waals surface area (Å²) in [5.74, 6) is -1.67. The Kier molecular flexibility index (Phi) is 6.81. The van der Waals surface area contributed by atoms with E-state index in [2.05, 4.69) is 5.32 Å². The molecule has 1 aliphatic rings. The van der Waals surface area contributed by atoms with Crippen LogP contribution in [0.4, 0.5) is 5.69 Å². The SMILES string of the molecule is CC(OC(=O)C1CC(=O)N(CCc2ccccc2)C1)C(=O)Nc1ccc(C#N)cc1. The maximum Gasteiger partial charge on any atom is 0.312 e. The molecule has 0 saturated carbocycles. The van der Waals surface area contributed by atoms with Gasteiger partial charge in [0.25, 0.3) is 5.91 Å². The minimum atomic E-state index is -0.999. The first kappa shape index (κ1) is 21.1. The minimum absolute atomic E-state index is 0.0810. The zero-order chi connectivity index (χ0) is 21.5. The Morgan fingerprint density at radius 1 is 1.20 bits per heavy atom. The third-order valence-corrected chi connectivity index (χ3v) is 5.00. The van der Waals surface area contributed by atoms with Gasteiger partial charge in [0.05, 0.1) is 17.6 Å². The van der Waals surface area contributed by atoms with Gasteiger partial charge in [0.1, 0.15) is 0 Å². The first-order chi connectivity index (χ1) is 14.5. The number of esters is 1. The lowest BCUT2D eigenvalue weighted by molar-refractivity contribution is -0.157. The standard InChI is InChI=1S/C23H23N3O4/c1-16(22(28)25-20-9-7-18(14-24)8-10-20)30-23(29)19-13-21(27)26(15-19)12-11-17-5-3-2-4-6-17/h2-10,16,19H,11-13,15H2,1H3,(H,25,28). The Balaban J connectivity index is 1.48.